The highest BCUT2D eigenvalue weighted by atomic mass is 35.5. The number of rotatable bonds is 4. The van der Waals surface area contributed by atoms with Gasteiger partial charge in [0.2, 0.25) is 0 Å². The normalized spacial score (nSPS) is 21.7. The maximum atomic E-state index is 12.0. The third kappa shape index (κ3) is 3.59. The molecular formula is C13H13Cl2NO3S. The van der Waals surface area contributed by atoms with E-state index in [1.807, 2.05) is 0 Å². The summed E-state index contributed by atoms with van der Waals surface area (Å²) < 4.78 is 2.76. The van der Waals surface area contributed by atoms with E-state index in [2.05, 4.69) is 4.72 Å². The molecule has 0 saturated carbocycles. The van der Waals surface area contributed by atoms with Crippen molar-refractivity contribution < 1.29 is 14.7 Å². The molecule has 1 N–H and O–H groups in total. The number of carboxylic acid groups (broad SMARTS) is 1. The first-order valence-electron chi connectivity index (χ1n) is 6.12. The molecule has 0 aromatic heterocycles. The zero-order valence-electron chi connectivity index (χ0n) is 10.5. The summed E-state index contributed by atoms with van der Waals surface area (Å²) in [4.78, 5) is 23.0. The van der Waals surface area contributed by atoms with E-state index >= 15 is 0 Å². The summed E-state index contributed by atoms with van der Waals surface area (Å²) in [6.45, 7) is 0. The van der Waals surface area contributed by atoms with Gasteiger partial charge in [-0.05, 0) is 24.1 Å². The predicted octanol–water partition coefficient (Wildman–Crippen LogP) is 1.10. The molecule has 7 heteroatoms. The third-order valence-electron chi connectivity index (χ3n) is 3.08. The molecule has 4 nitrogen and oxygen atoms in total. The topological polar surface area (TPSA) is 69.2 Å². The fourth-order valence-corrected chi connectivity index (χ4v) is 4.69. The lowest BCUT2D eigenvalue weighted by Crippen LogP contribution is -2.46. The van der Waals surface area contributed by atoms with Crippen molar-refractivity contribution in [1.29, 1.82) is 0 Å². The van der Waals surface area contributed by atoms with E-state index in [9.17, 15) is 14.7 Å². The number of halogens is 2. The molecule has 1 aliphatic heterocycles. The average molecular weight is 334 g/mol. The minimum Gasteiger partial charge on any atom is -0.545 e. The van der Waals surface area contributed by atoms with E-state index in [0.717, 1.165) is 6.42 Å². The van der Waals surface area contributed by atoms with Gasteiger partial charge in [0.1, 0.15) is 16.8 Å². The van der Waals surface area contributed by atoms with E-state index < -0.39 is 22.3 Å². The van der Waals surface area contributed by atoms with Gasteiger partial charge in [0.05, 0.1) is 12.4 Å². The molecule has 1 heterocycles. The Morgan fingerprint density at radius 2 is 2.00 bits per heavy atom. The monoisotopic (exact) mass is 333 g/mol. The standard InChI is InChI=1S/C13H13Cl2NO3S/c14-9-3-1-4-10(15)8(9)7-12(17)16-20-6-2-5-11(20)13(18)19/h1,3-4,11H,2,5-7H2,(H-,16,17,18,19). The van der Waals surface area contributed by atoms with Gasteiger partial charge < -0.3 is 9.90 Å². The van der Waals surface area contributed by atoms with Crippen LogP contribution in [0.25, 0.3) is 0 Å². The van der Waals surface area contributed by atoms with Gasteiger partial charge in [-0.1, -0.05) is 29.3 Å². The van der Waals surface area contributed by atoms with Crippen molar-refractivity contribution in [3.05, 3.63) is 33.8 Å². The van der Waals surface area contributed by atoms with Crippen LogP contribution in [0.2, 0.25) is 10.0 Å². The zero-order chi connectivity index (χ0) is 14.7. The molecule has 2 atom stereocenters. The van der Waals surface area contributed by atoms with Crippen LogP contribution >= 0.6 is 23.2 Å². The minimum atomic E-state index is -1.10. The van der Waals surface area contributed by atoms with E-state index in [1.54, 1.807) is 18.2 Å². The molecule has 1 aliphatic rings. The molecule has 1 aromatic carbocycles. The molecule has 2 rings (SSSR count). The quantitative estimate of drug-likeness (QED) is 0.839. The van der Waals surface area contributed by atoms with Crippen LogP contribution in [0.1, 0.15) is 18.4 Å². The molecule has 20 heavy (non-hydrogen) atoms. The molecule has 1 aromatic rings. The Balaban J connectivity index is 2.01. The number of carboxylic acids is 1. The number of amides is 1. The van der Waals surface area contributed by atoms with E-state index in [0.29, 0.717) is 27.8 Å². The lowest BCUT2D eigenvalue weighted by Gasteiger charge is -2.12. The van der Waals surface area contributed by atoms with Gasteiger partial charge in [0.25, 0.3) is 5.91 Å². The summed E-state index contributed by atoms with van der Waals surface area (Å²) in [5, 5.41) is 11.2. The molecule has 0 radical (unpaired) electrons. The van der Waals surface area contributed by atoms with E-state index in [4.69, 9.17) is 23.2 Å². The van der Waals surface area contributed by atoms with Crippen molar-refractivity contribution in [1.82, 2.24) is 4.72 Å². The fourth-order valence-electron chi connectivity index (χ4n) is 2.11. The fraction of sp³-hybridized carbons (Fsp3) is 0.385. The van der Waals surface area contributed by atoms with Crippen LogP contribution in [-0.4, -0.2) is 22.9 Å². The highest BCUT2D eigenvalue weighted by molar-refractivity contribution is 7.97. The largest absolute Gasteiger partial charge is 0.545 e. The van der Waals surface area contributed by atoms with Gasteiger partial charge in [-0.25, -0.2) is 0 Å². The molecule has 1 saturated heterocycles. The number of aliphatic carboxylic acids is 1. The van der Waals surface area contributed by atoms with Crippen molar-refractivity contribution in [3.63, 3.8) is 0 Å². The van der Waals surface area contributed by atoms with Crippen LogP contribution < -0.4 is 9.83 Å². The molecule has 2 unspecified atom stereocenters. The third-order valence-corrected chi connectivity index (χ3v) is 6.12. The molecule has 0 aliphatic carbocycles. The van der Waals surface area contributed by atoms with E-state index in [-0.39, 0.29) is 12.3 Å². The summed E-state index contributed by atoms with van der Waals surface area (Å²) in [5.41, 5.74) is 0.557. The Morgan fingerprint density at radius 1 is 1.35 bits per heavy atom. The Hall–Kier alpha value is -0.910. The smallest absolute Gasteiger partial charge is 0.265 e. The van der Waals surface area contributed by atoms with Crippen molar-refractivity contribution in [3.8, 4) is 0 Å². The second-order valence-electron chi connectivity index (χ2n) is 4.49. The summed E-state index contributed by atoms with van der Waals surface area (Å²) in [7, 11) is 0. The predicted molar refractivity (Wildman–Crippen MR) is 78.6 cm³/mol. The van der Waals surface area contributed by atoms with Crippen LogP contribution in [0.3, 0.4) is 0 Å². The molecular weight excluding hydrogens is 321 g/mol. The summed E-state index contributed by atoms with van der Waals surface area (Å²) in [6.07, 6.45) is 1.38. The van der Waals surface area contributed by atoms with E-state index in [1.165, 1.54) is 0 Å². The molecule has 0 spiro atoms. The average Bonchev–Trinajstić information content (AvgIpc) is 2.82. The first-order chi connectivity index (χ1) is 9.49. The summed E-state index contributed by atoms with van der Waals surface area (Å²) in [5.74, 6) is -0.681. The number of nitrogens with one attached hydrogen (secondary N) is 1. The first kappa shape index (κ1) is 15.5. The lowest BCUT2D eigenvalue weighted by atomic mass is 10.1. The second-order valence-corrected chi connectivity index (χ2v) is 7.34. The summed E-state index contributed by atoms with van der Waals surface area (Å²) >= 11 is 11.3. The van der Waals surface area contributed by atoms with Crippen LogP contribution in [0.15, 0.2) is 18.2 Å². The number of carbonyl (C=O) groups is 2. The van der Waals surface area contributed by atoms with Crippen LogP contribution in [0, 0.1) is 0 Å². The van der Waals surface area contributed by atoms with Crippen LogP contribution in [0.5, 0.6) is 0 Å². The van der Waals surface area contributed by atoms with Gasteiger partial charge in [0.15, 0.2) is 5.25 Å². The Morgan fingerprint density at radius 3 is 2.60 bits per heavy atom. The maximum Gasteiger partial charge on any atom is 0.265 e. The van der Waals surface area contributed by atoms with Gasteiger partial charge >= 0.3 is 0 Å². The number of hydrogen-bond donors (Lipinski definition) is 1. The van der Waals surface area contributed by atoms with Crippen molar-refractivity contribution in [2.24, 2.45) is 0 Å². The first-order valence-corrected chi connectivity index (χ1v) is 8.33. The van der Waals surface area contributed by atoms with Gasteiger partial charge in [-0.2, -0.15) is 4.72 Å². The van der Waals surface area contributed by atoms with Crippen molar-refractivity contribution in [2.75, 3.05) is 5.75 Å². The highest BCUT2D eigenvalue weighted by Crippen LogP contribution is 2.25. The number of carbonyl (C=O) groups excluding carboxylic acids is 2. The minimum absolute atomic E-state index is 0.0434. The van der Waals surface area contributed by atoms with Crippen molar-refractivity contribution >= 4 is 46.2 Å². The van der Waals surface area contributed by atoms with Crippen LogP contribution in [-0.2, 0) is 27.1 Å². The second kappa shape index (κ2) is 6.70. The van der Waals surface area contributed by atoms with Crippen molar-refractivity contribution in [2.45, 2.75) is 24.5 Å². The zero-order valence-corrected chi connectivity index (χ0v) is 12.9. The lowest BCUT2D eigenvalue weighted by molar-refractivity contribution is -0.304. The molecule has 1 fully saturated rings. The number of benzene rings is 1. The summed E-state index contributed by atoms with van der Waals surface area (Å²) in [6, 6.07) is 5.03. The number of hydrogen-bond acceptors (Lipinski definition) is 3. The molecule has 1 amide bonds. The van der Waals surface area contributed by atoms with Gasteiger partial charge in [-0.3, -0.25) is 4.79 Å². The van der Waals surface area contributed by atoms with Gasteiger partial charge in [0, 0.05) is 16.5 Å². The maximum absolute atomic E-state index is 12.0. The highest BCUT2D eigenvalue weighted by Gasteiger charge is 2.39. The van der Waals surface area contributed by atoms with Gasteiger partial charge in [-0.15, -0.1) is 0 Å². The molecule has 108 valence electrons. The Labute approximate surface area is 129 Å². The Bertz CT molecular complexity index is 518. The molecule has 0 bridgehead atoms. The van der Waals surface area contributed by atoms with Crippen LogP contribution in [0.4, 0.5) is 0 Å². The SMILES string of the molecule is O=C(Cc1c(Cl)cccc1Cl)N[S+]1CCCC1C(=O)[O-]. The Kier molecular flexibility index (Phi) is 5.18.